The molecule has 0 aromatic carbocycles. The molecular formula is C7H13ClFN. The van der Waals surface area contributed by atoms with E-state index in [1.807, 2.05) is 6.92 Å². The van der Waals surface area contributed by atoms with Crippen LogP contribution in [0.2, 0.25) is 0 Å². The van der Waals surface area contributed by atoms with Gasteiger partial charge in [0.1, 0.15) is 5.67 Å². The minimum Gasteiger partial charge on any atom is -0.310 e. The summed E-state index contributed by atoms with van der Waals surface area (Å²) in [5.41, 5.74) is -0.0368. The highest BCUT2D eigenvalue weighted by Gasteiger charge is 2.36. The van der Waals surface area contributed by atoms with Crippen molar-refractivity contribution in [2.75, 3.05) is 13.1 Å². The first kappa shape index (κ1) is 9.92. The van der Waals surface area contributed by atoms with Crippen molar-refractivity contribution in [2.45, 2.75) is 19.0 Å². The molecule has 1 nitrogen and oxygen atoms in total. The quantitative estimate of drug-likeness (QED) is 0.614. The normalized spacial score (nSPS) is 20.6. The molecule has 0 radical (unpaired) electrons. The van der Waals surface area contributed by atoms with Gasteiger partial charge in [0.05, 0.1) is 0 Å². The van der Waals surface area contributed by atoms with Gasteiger partial charge in [-0.1, -0.05) is 5.57 Å². The van der Waals surface area contributed by atoms with Crippen molar-refractivity contribution in [1.29, 1.82) is 0 Å². The lowest BCUT2D eigenvalue weighted by Gasteiger charge is -2.35. The summed E-state index contributed by atoms with van der Waals surface area (Å²) in [5, 5.41) is 2.89. The molecule has 0 aliphatic carbocycles. The van der Waals surface area contributed by atoms with Crippen LogP contribution < -0.4 is 5.32 Å². The lowest BCUT2D eigenvalue weighted by Crippen LogP contribution is -2.56. The van der Waals surface area contributed by atoms with Crippen molar-refractivity contribution >= 4 is 12.4 Å². The summed E-state index contributed by atoms with van der Waals surface area (Å²) >= 11 is 0. The Balaban J connectivity index is 0.000000810. The van der Waals surface area contributed by atoms with E-state index < -0.39 is 5.67 Å². The number of rotatable bonds is 2. The lowest BCUT2D eigenvalue weighted by molar-refractivity contribution is 0.0913. The predicted molar refractivity (Wildman–Crippen MR) is 43.4 cm³/mol. The molecule has 0 amide bonds. The van der Waals surface area contributed by atoms with Gasteiger partial charge in [-0.15, -0.1) is 19.0 Å². The average molecular weight is 166 g/mol. The van der Waals surface area contributed by atoms with Crippen LogP contribution in [0.4, 0.5) is 4.39 Å². The smallest absolute Gasteiger partial charge is 0.139 e. The highest BCUT2D eigenvalue weighted by Crippen LogP contribution is 2.23. The molecule has 10 heavy (non-hydrogen) atoms. The van der Waals surface area contributed by atoms with Crippen molar-refractivity contribution in [3.63, 3.8) is 0 Å². The van der Waals surface area contributed by atoms with Gasteiger partial charge >= 0.3 is 0 Å². The average Bonchev–Trinajstić information content (AvgIpc) is 1.60. The fraction of sp³-hybridized carbons (Fsp3) is 0.714. The zero-order chi connectivity index (χ0) is 6.91. The molecule has 60 valence electrons. The van der Waals surface area contributed by atoms with Crippen LogP contribution >= 0.6 is 12.4 Å². The van der Waals surface area contributed by atoms with Crippen molar-refractivity contribution in [2.24, 2.45) is 0 Å². The molecule has 1 aliphatic rings. The van der Waals surface area contributed by atoms with Crippen LogP contribution in [0, 0.1) is 0 Å². The zero-order valence-corrected chi connectivity index (χ0v) is 6.93. The molecule has 1 rings (SSSR count). The standard InChI is InChI=1S/C7H12FN.ClH/c1-6(2)3-7(8)4-9-5-7;/h9H,1,3-5H2,2H3;1H. The Morgan fingerprint density at radius 3 is 2.30 bits per heavy atom. The van der Waals surface area contributed by atoms with E-state index in [2.05, 4.69) is 11.9 Å². The van der Waals surface area contributed by atoms with Crippen LogP contribution in [-0.4, -0.2) is 18.8 Å². The van der Waals surface area contributed by atoms with Gasteiger partial charge in [0.25, 0.3) is 0 Å². The van der Waals surface area contributed by atoms with Gasteiger partial charge in [0.2, 0.25) is 0 Å². The summed E-state index contributed by atoms with van der Waals surface area (Å²) in [6.45, 7) is 6.51. The van der Waals surface area contributed by atoms with E-state index in [1.54, 1.807) is 0 Å². The topological polar surface area (TPSA) is 12.0 Å². The number of hydrogen-bond acceptors (Lipinski definition) is 1. The molecule has 0 aromatic rings. The van der Waals surface area contributed by atoms with E-state index >= 15 is 0 Å². The lowest BCUT2D eigenvalue weighted by atomic mass is 9.92. The first-order chi connectivity index (χ1) is 4.12. The molecule has 3 heteroatoms. The van der Waals surface area contributed by atoms with Crippen LogP contribution in [0.5, 0.6) is 0 Å². The molecule has 0 unspecified atom stereocenters. The fourth-order valence-corrected chi connectivity index (χ4v) is 1.06. The van der Waals surface area contributed by atoms with E-state index in [0.717, 1.165) is 5.57 Å². The minimum absolute atomic E-state index is 0. The third-order valence-electron chi connectivity index (χ3n) is 1.50. The number of nitrogens with one attached hydrogen (secondary N) is 1. The van der Waals surface area contributed by atoms with E-state index in [9.17, 15) is 4.39 Å². The van der Waals surface area contributed by atoms with Gasteiger partial charge in [0.15, 0.2) is 0 Å². The van der Waals surface area contributed by atoms with E-state index in [0.29, 0.717) is 19.5 Å². The zero-order valence-electron chi connectivity index (χ0n) is 6.11. The van der Waals surface area contributed by atoms with Crippen LogP contribution in [0.1, 0.15) is 13.3 Å². The highest BCUT2D eigenvalue weighted by atomic mass is 35.5. The van der Waals surface area contributed by atoms with Crippen LogP contribution in [-0.2, 0) is 0 Å². The van der Waals surface area contributed by atoms with Gasteiger partial charge in [-0.25, -0.2) is 4.39 Å². The molecule has 1 fully saturated rings. The van der Waals surface area contributed by atoms with Gasteiger partial charge in [-0.3, -0.25) is 0 Å². The molecule has 0 saturated carbocycles. The Bertz CT molecular complexity index is 132. The maximum atomic E-state index is 13.0. The molecule has 0 spiro atoms. The molecule has 0 atom stereocenters. The SMILES string of the molecule is C=C(C)CC1(F)CNC1.Cl. The monoisotopic (exact) mass is 165 g/mol. The van der Waals surface area contributed by atoms with Crippen LogP contribution in [0.3, 0.4) is 0 Å². The molecule has 1 N–H and O–H groups in total. The van der Waals surface area contributed by atoms with Gasteiger partial charge in [-0.2, -0.15) is 0 Å². The van der Waals surface area contributed by atoms with Crippen molar-refractivity contribution in [3.8, 4) is 0 Å². The second-order valence-corrected chi connectivity index (χ2v) is 2.89. The molecule has 1 aliphatic heterocycles. The summed E-state index contributed by atoms with van der Waals surface area (Å²) in [7, 11) is 0. The Morgan fingerprint density at radius 1 is 1.70 bits per heavy atom. The summed E-state index contributed by atoms with van der Waals surface area (Å²) in [6.07, 6.45) is 0.514. The number of hydrogen-bond donors (Lipinski definition) is 1. The summed E-state index contributed by atoms with van der Waals surface area (Å²) in [4.78, 5) is 0. The Hall–Kier alpha value is -0.0800. The second kappa shape index (κ2) is 3.35. The van der Waals surface area contributed by atoms with Crippen molar-refractivity contribution in [1.82, 2.24) is 5.32 Å². The van der Waals surface area contributed by atoms with Gasteiger partial charge in [0, 0.05) is 19.5 Å². The molecular weight excluding hydrogens is 153 g/mol. The predicted octanol–water partition coefficient (Wildman–Crippen LogP) is 1.69. The largest absolute Gasteiger partial charge is 0.310 e. The summed E-state index contributed by atoms with van der Waals surface area (Å²) in [6, 6.07) is 0. The minimum atomic E-state index is -0.966. The van der Waals surface area contributed by atoms with E-state index in [1.165, 1.54) is 0 Å². The van der Waals surface area contributed by atoms with Crippen molar-refractivity contribution in [3.05, 3.63) is 12.2 Å². The van der Waals surface area contributed by atoms with E-state index in [4.69, 9.17) is 0 Å². The maximum absolute atomic E-state index is 13.0. The first-order valence-corrected chi connectivity index (χ1v) is 3.16. The van der Waals surface area contributed by atoms with Gasteiger partial charge in [-0.05, 0) is 6.92 Å². The Labute approximate surface area is 67.1 Å². The van der Waals surface area contributed by atoms with Crippen molar-refractivity contribution < 1.29 is 4.39 Å². The molecule has 1 saturated heterocycles. The number of alkyl halides is 1. The third kappa shape index (κ3) is 2.27. The fourth-order valence-electron chi connectivity index (χ4n) is 1.06. The maximum Gasteiger partial charge on any atom is 0.139 e. The van der Waals surface area contributed by atoms with Crippen LogP contribution in [0.15, 0.2) is 12.2 Å². The first-order valence-electron chi connectivity index (χ1n) is 3.16. The highest BCUT2D eigenvalue weighted by molar-refractivity contribution is 5.85. The summed E-state index contributed by atoms with van der Waals surface area (Å²) in [5.74, 6) is 0. The third-order valence-corrected chi connectivity index (χ3v) is 1.50. The Morgan fingerprint density at radius 2 is 2.20 bits per heavy atom. The van der Waals surface area contributed by atoms with E-state index in [-0.39, 0.29) is 12.4 Å². The molecule has 0 bridgehead atoms. The molecule has 1 heterocycles. The summed E-state index contributed by atoms with van der Waals surface area (Å²) < 4.78 is 13.0. The number of halogens is 2. The Kier molecular flexibility index (Phi) is 3.33. The second-order valence-electron chi connectivity index (χ2n) is 2.89. The van der Waals surface area contributed by atoms with Crippen LogP contribution in [0.25, 0.3) is 0 Å². The van der Waals surface area contributed by atoms with Gasteiger partial charge < -0.3 is 5.32 Å². The number of allylic oxidation sites excluding steroid dienone is 1. The molecule has 0 aromatic heterocycles.